The van der Waals surface area contributed by atoms with E-state index in [0.717, 1.165) is 17.7 Å². The van der Waals surface area contributed by atoms with Gasteiger partial charge in [-0.15, -0.1) is 0 Å². The van der Waals surface area contributed by atoms with Crippen LogP contribution in [0.15, 0.2) is 36.5 Å². The fraction of sp³-hybridized carbons (Fsp3) is 0.389. The molecule has 2 aromatic rings. The minimum absolute atomic E-state index is 0.0554. The number of ether oxygens (including phenoxy) is 1. The van der Waals surface area contributed by atoms with Crippen LogP contribution < -0.4 is 10.5 Å². The summed E-state index contributed by atoms with van der Waals surface area (Å²) in [6, 6.07) is 10.2. The lowest BCUT2D eigenvalue weighted by atomic mass is 9.85. The number of aromatic nitrogens is 1. The molecule has 0 unspecified atom stereocenters. The van der Waals surface area contributed by atoms with Crippen LogP contribution in [-0.2, 0) is 18.4 Å². The Hall–Kier alpha value is -2.03. The third-order valence-electron chi connectivity index (χ3n) is 3.50. The lowest BCUT2D eigenvalue weighted by molar-refractivity contribution is 0.297. The summed E-state index contributed by atoms with van der Waals surface area (Å²) in [4.78, 5) is 4.09. The minimum Gasteiger partial charge on any atom is -0.489 e. The van der Waals surface area contributed by atoms with E-state index in [4.69, 9.17) is 10.5 Å². The summed E-state index contributed by atoms with van der Waals surface area (Å²) in [6.45, 7) is 9.29. The average molecular weight is 284 g/mol. The van der Waals surface area contributed by atoms with E-state index in [1.807, 2.05) is 6.07 Å². The Morgan fingerprint density at radius 2 is 1.81 bits per heavy atom. The van der Waals surface area contributed by atoms with Crippen LogP contribution in [0.25, 0.3) is 0 Å². The SMILES string of the molecule is CCc1ccc(OCc2ccc(N)nc2)c(C(C)(C)C)c1. The monoisotopic (exact) mass is 284 g/mol. The number of nitrogens with two attached hydrogens (primary N) is 1. The van der Waals surface area contributed by atoms with Gasteiger partial charge in [-0.05, 0) is 35.1 Å². The lowest BCUT2D eigenvalue weighted by Gasteiger charge is -2.23. The lowest BCUT2D eigenvalue weighted by Crippen LogP contribution is -2.14. The third-order valence-corrected chi connectivity index (χ3v) is 3.50. The van der Waals surface area contributed by atoms with Gasteiger partial charge < -0.3 is 10.5 Å². The van der Waals surface area contributed by atoms with Gasteiger partial charge in [0.2, 0.25) is 0 Å². The quantitative estimate of drug-likeness (QED) is 0.919. The van der Waals surface area contributed by atoms with Crippen molar-refractivity contribution in [2.24, 2.45) is 0 Å². The van der Waals surface area contributed by atoms with Crippen molar-refractivity contribution in [2.75, 3.05) is 5.73 Å². The predicted molar refractivity (Wildman–Crippen MR) is 87.5 cm³/mol. The molecule has 0 saturated carbocycles. The molecule has 3 heteroatoms. The van der Waals surface area contributed by atoms with Crippen molar-refractivity contribution in [3.8, 4) is 5.75 Å². The number of hydrogen-bond donors (Lipinski definition) is 1. The molecule has 0 bridgehead atoms. The number of pyridine rings is 1. The smallest absolute Gasteiger partial charge is 0.123 e. The van der Waals surface area contributed by atoms with Crippen LogP contribution >= 0.6 is 0 Å². The van der Waals surface area contributed by atoms with Gasteiger partial charge in [-0.1, -0.05) is 45.9 Å². The Labute approximate surface area is 127 Å². The van der Waals surface area contributed by atoms with Crippen molar-refractivity contribution >= 4 is 5.82 Å². The molecule has 0 spiro atoms. The Morgan fingerprint density at radius 3 is 2.38 bits per heavy atom. The molecular formula is C18H24N2O. The molecule has 1 aromatic heterocycles. The number of benzene rings is 1. The second-order valence-corrected chi connectivity index (χ2v) is 6.31. The van der Waals surface area contributed by atoms with Crippen molar-refractivity contribution in [3.05, 3.63) is 53.2 Å². The van der Waals surface area contributed by atoms with E-state index in [0.29, 0.717) is 12.4 Å². The summed E-state index contributed by atoms with van der Waals surface area (Å²) in [5.74, 6) is 1.47. The predicted octanol–water partition coefficient (Wildman–Crippen LogP) is 4.10. The van der Waals surface area contributed by atoms with Crippen molar-refractivity contribution in [1.82, 2.24) is 4.98 Å². The fourth-order valence-electron chi connectivity index (χ4n) is 2.19. The van der Waals surface area contributed by atoms with Gasteiger partial charge in [-0.2, -0.15) is 0 Å². The highest BCUT2D eigenvalue weighted by Gasteiger charge is 2.19. The van der Waals surface area contributed by atoms with E-state index in [-0.39, 0.29) is 5.41 Å². The van der Waals surface area contributed by atoms with Gasteiger partial charge in [-0.25, -0.2) is 4.98 Å². The van der Waals surface area contributed by atoms with Crippen LogP contribution in [0.5, 0.6) is 5.75 Å². The second kappa shape index (κ2) is 6.17. The van der Waals surface area contributed by atoms with Crippen LogP contribution in [0.3, 0.4) is 0 Å². The molecule has 0 aliphatic heterocycles. The van der Waals surface area contributed by atoms with E-state index < -0.39 is 0 Å². The molecule has 0 radical (unpaired) electrons. The van der Waals surface area contributed by atoms with E-state index in [2.05, 4.69) is 50.9 Å². The van der Waals surface area contributed by atoms with Gasteiger partial charge in [0.15, 0.2) is 0 Å². The first-order valence-corrected chi connectivity index (χ1v) is 7.36. The Balaban J connectivity index is 2.21. The Kier molecular flexibility index (Phi) is 4.51. The van der Waals surface area contributed by atoms with E-state index in [1.165, 1.54) is 11.1 Å². The molecule has 1 aromatic carbocycles. The number of nitrogens with zero attached hydrogens (tertiary/aromatic N) is 1. The molecule has 1 heterocycles. The molecule has 0 saturated heterocycles. The molecule has 0 aliphatic carbocycles. The zero-order valence-corrected chi connectivity index (χ0v) is 13.3. The summed E-state index contributed by atoms with van der Waals surface area (Å²) >= 11 is 0. The maximum Gasteiger partial charge on any atom is 0.123 e. The minimum atomic E-state index is 0.0554. The van der Waals surface area contributed by atoms with Gasteiger partial charge in [-0.3, -0.25) is 0 Å². The molecule has 0 atom stereocenters. The summed E-state index contributed by atoms with van der Waals surface area (Å²) in [5.41, 5.74) is 9.24. The van der Waals surface area contributed by atoms with Crippen LogP contribution in [0.4, 0.5) is 5.82 Å². The number of nitrogen functional groups attached to an aromatic ring is 1. The molecule has 0 fully saturated rings. The van der Waals surface area contributed by atoms with Crippen LogP contribution in [0, 0.1) is 0 Å². The van der Waals surface area contributed by atoms with Gasteiger partial charge >= 0.3 is 0 Å². The topological polar surface area (TPSA) is 48.1 Å². The first kappa shape index (κ1) is 15.4. The fourth-order valence-corrected chi connectivity index (χ4v) is 2.19. The molecule has 0 aliphatic rings. The summed E-state index contributed by atoms with van der Waals surface area (Å²) in [6.07, 6.45) is 2.79. The van der Waals surface area contributed by atoms with Crippen LogP contribution in [0.2, 0.25) is 0 Å². The maximum absolute atomic E-state index is 6.01. The molecular weight excluding hydrogens is 260 g/mol. The summed E-state index contributed by atoms with van der Waals surface area (Å²) in [7, 11) is 0. The zero-order chi connectivity index (χ0) is 15.5. The maximum atomic E-state index is 6.01. The van der Waals surface area contributed by atoms with Gasteiger partial charge in [0.05, 0.1) is 0 Å². The van der Waals surface area contributed by atoms with Crippen molar-refractivity contribution in [3.63, 3.8) is 0 Å². The number of hydrogen-bond acceptors (Lipinski definition) is 3. The van der Waals surface area contributed by atoms with E-state index >= 15 is 0 Å². The van der Waals surface area contributed by atoms with Crippen molar-refractivity contribution < 1.29 is 4.74 Å². The Bertz CT molecular complexity index is 598. The highest BCUT2D eigenvalue weighted by atomic mass is 16.5. The van der Waals surface area contributed by atoms with Gasteiger partial charge in [0.1, 0.15) is 18.2 Å². The first-order chi connectivity index (χ1) is 9.90. The highest BCUT2D eigenvalue weighted by molar-refractivity contribution is 5.42. The highest BCUT2D eigenvalue weighted by Crippen LogP contribution is 2.32. The molecule has 21 heavy (non-hydrogen) atoms. The molecule has 0 amide bonds. The normalized spacial score (nSPS) is 11.4. The molecule has 112 valence electrons. The zero-order valence-electron chi connectivity index (χ0n) is 13.3. The standard InChI is InChI=1S/C18H24N2O/c1-5-13-6-8-16(15(10-13)18(2,3)4)21-12-14-7-9-17(19)20-11-14/h6-11H,5,12H2,1-4H3,(H2,19,20). The van der Waals surface area contributed by atoms with Gasteiger partial charge in [0.25, 0.3) is 0 Å². The molecule has 2 N–H and O–H groups in total. The second-order valence-electron chi connectivity index (χ2n) is 6.31. The summed E-state index contributed by atoms with van der Waals surface area (Å²) < 4.78 is 6.01. The summed E-state index contributed by atoms with van der Waals surface area (Å²) in [5, 5.41) is 0. The average Bonchev–Trinajstić information content (AvgIpc) is 2.45. The van der Waals surface area contributed by atoms with Crippen molar-refractivity contribution in [2.45, 2.75) is 46.1 Å². The number of rotatable bonds is 4. The third kappa shape index (κ3) is 3.97. The number of aryl methyl sites for hydroxylation is 1. The number of anilines is 1. The first-order valence-electron chi connectivity index (χ1n) is 7.36. The van der Waals surface area contributed by atoms with E-state index in [1.54, 1.807) is 12.3 Å². The molecule has 3 nitrogen and oxygen atoms in total. The molecule has 2 rings (SSSR count). The van der Waals surface area contributed by atoms with Crippen molar-refractivity contribution in [1.29, 1.82) is 0 Å². The van der Waals surface area contributed by atoms with Crippen LogP contribution in [0.1, 0.15) is 44.4 Å². The van der Waals surface area contributed by atoms with E-state index in [9.17, 15) is 0 Å². The Morgan fingerprint density at radius 1 is 1.10 bits per heavy atom. The van der Waals surface area contributed by atoms with Gasteiger partial charge in [0, 0.05) is 11.8 Å². The van der Waals surface area contributed by atoms with Crippen LogP contribution in [-0.4, -0.2) is 4.98 Å². The largest absolute Gasteiger partial charge is 0.489 e.